The highest BCUT2D eigenvalue weighted by Crippen LogP contribution is 2.07. The van der Waals surface area contributed by atoms with Crippen LogP contribution in [0.1, 0.15) is 24.5 Å². The fourth-order valence-corrected chi connectivity index (χ4v) is 1.57. The summed E-state index contributed by atoms with van der Waals surface area (Å²) in [5, 5.41) is 11.4. The van der Waals surface area contributed by atoms with Crippen LogP contribution in [0.15, 0.2) is 30.3 Å². The molecule has 0 aliphatic heterocycles. The lowest BCUT2D eigenvalue weighted by molar-refractivity contribution is -0.131. The second kappa shape index (κ2) is 8.87. The number of carbonyl (C=O) groups is 2. The fraction of sp³-hybridized carbons (Fsp3) is 0.333. The van der Waals surface area contributed by atoms with Gasteiger partial charge in [-0.2, -0.15) is 0 Å². The van der Waals surface area contributed by atoms with Gasteiger partial charge in [-0.25, -0.2) is 4.79 Å². The maximum atomic E-state index is 11.5. The van der Waals surface area contributed by atoms with Crippen molar-refractivity contribution in [1.82, 2.24) is 5.32 Å². The van der Waals surface area contributed by atoms with Crippen molar-refractivity contribution in [2.75, 3.05) is 13.2 Å². The van der Waals surface area contributed by atoms with E-state index in [1.807, 2.05) is 25.1 Å². The third-order valence-electron chi connectivity index (χ3n) is 2.54. The zero-order valence-corrected chi connectivity index (χ0v) is 11.5. The summed E-state index contributed by atoms with van der Waals surface area (Å²) in [5.74, 6) is -1.05. The molecule has 0 fully saturated rings. The molecule has 0 unspecified atom stereocenters. The first-order chi connectivity index (χ1) is 9.61. The number of hydrogen-bond donors (Lipinski definition) is 2. The van der Waals surface area contributed by atoms with Crippen LogP contribution in [0.4, 0.5) is 0 Å². The Morgan fingerprint density at radius 3 is 2.90 bits per heavy atom. The Balaban J connectivity index is 2.46. The summed E-state index contributed by atoms with van der Waals surface area (Å²) in [4.78, 5) is 22.0. The first-order valence-electron chi connectivity index (χ1n) is 6.46. The van der Waals surface area contributed by atoms with Crippen molar-refractivity contribution in [2.45, 2.75) is 19.9 Å². The van der Waals surface area contributed by atoms with Crippen LogP contribution in [0.2, 0.25) is 0 Å². The van der Waals surface area contributed by atoms with Crippen molar-refractivity contribution in [3.63, 3.8) is 0 Å². The molecule has 108 valence electrons. The van der Waals surface area contributed by atoms with Crippen molar-refractivity contribution in [2.24, 2.45) is 0 Å². The van der Waals surface area contributed by atoms with Gasteiger partial charge in [0.1, 0.15) is 0 Å². The van der Waals surface area contributed by atoms with Crippen LogP contribution in [0.3, 0.4) is 0 Å². The van der Waals surface area contributed by atoms with E-state index in [1.54, 1.807) is 6.07 Å². The van der Waals surface area contributed by atoms with E-state index >= 15 is 0 Å². The number of benzene rings is 1. The van der Waals surface area contributed by atoms with Gasteiger partial charge in [0, 0.05) is 25.6 Å². The van der Waals surface area contributed by atoms with Gasteiger partial charge in [0.2, 0.25) is 5.91 Å². The van der Waals surface area contributed by atoms with Gasteiger partial charge in [0.05, 0.1) is 6.61 Å². The Morgan fingerprint density at radius 2 is 2.20 bits per heavy atom. The molecule has 1 rings (SSSR count). The Kier molecular flexibility index (Phi) is 7.06. The smallest absolute Gasteiger partial charge is 0.328 e. The molecule has 0 aromatic heterocycles. The number of carboxylic acid groups (broad SMARTS) is 1. The number of carbonyl (C=O) groups excluding carboxylic acids is 1. The third kappa shape index (κ3) is 6.70. The molecule has 0 saturated heterocycles. The van der Waals surface area contributed by atoms with Crippen LogP contribution in [0.5, 0.6) is 0 Å². The Labute approximate surface area is 118 Å². The third-order valence-corrected chi connectivity index (χ3v) is 2.54. The predicted octanol–water partition coefficient (Wildman–Crippen LogP) is 1.83. The summed E-state index contributed by atoms with van der Waals surface area (Å²) in [6.45, 7) is 3.32. The average Bonchev–Trinajstić information content (AvgIpc) is 2.44. The molecule has 0 aliphatic rings. The molecule has 1 aromatic carbocycles. The molecule has 1 amide bonds. The number of aliphatic carboxylic acids is 1. The fourth-order valence-electron chi connectivity index (χ4n) is 1.57. The van der Waals surface area contributed by atoms with E-state index < -0.39 is 5.97 Å². The van der Waals surface area contributed by atoms with Crippen molar-refractivity contribution < 1.29 is 19.4 Å². The highest BCUT2D eigenvalue weighted by atomic mass is 16.5. The molecule has 0 saturated carbocycles. The molecule has 0 bridgehead atoms. The molecular weight excluding hydrogens is 258 g/mol. The first-order valence-corrected chi connectivity index (χ1v) is 6.46. The van der Waals surface area contributed by atoms with E-state index in [2.05, 4.69) is 5.32 Å². The highest BCUT2D eigenvalue weighted by Gasteiger charge is 2.01. The highest BCUT2D eigenvalue weighted by molar-refractivity contribution is 5.85. The van der Waals surface area contributed by atoms with Crippen molar-refractivity contribution in [3.05, 3.63) is 41.5 Å². The molecule has 5 heteroatoms. The number of nitrogens with one attached hydrogen (secondary N) is 1. The maximum absolute atomic E-state index is 11.5. The molecule has 0 spiro atoms. The van der Waals surface area contributed by atoms with E-state index in [0.29, 0.717) is 26.2 Å². The lowest BCUT2D eigenvalue weighted by Crippen LogP contribution is -2.23. The molecule has 0 atom stereocenters. The van der Waals surface area contributed by atoms with Gasteiger partial charge in [-0.15, -0.1) is 0 Å². The van der Waals surface area contributed by atoms with E-state index in [1.165, 1.54) is 6.08 Å². The van der Waals surface area contributed by atoms with Crippen LogP contribution in [0.25, 0.3) is 6.08 Å². The van der Waals surface area contributed by atoms with E-state index in [9.17, 15) is 9.59 Å². The van der Waals surface area contributed by atoms with Crippen molar-refractivity contribution >= 4 is 18.0 Å². The summed E-state index contributed by atoms with van der Waals surface area (Å²) in [6, 6.07) is 7.34. The summed E-state index contributed by atoms with van der Waals surface area (Å²) < 4.78 is 5.10. The zero-order valence-electron chi connectivity index (χ0n) is 11.5. The molecular formula is C15H19NO4. The SMILES string of the molecule is CCOCCC(=O)NCc1cccc(C=CC(=O)O)c1. The Hall–Kier alpha value is -2.14. The minimum absolute atomic E-state index is 0.0649. The lowest BCUT2D eigenvalue weighted by atomic mass is 10.1. The molecule has 2 N–H and O–H groups in total. The van der Waals surface area contributed by atoms with Gasteiger partial charge in [-0.05, 0) is 30.2 Å². The molecule has 0 radical (unpaired) electrons. The maximum Gasteiger partial charge on any atom is 0.328 e. The summed E-state index contributed by atoms with van der Waals surface area (Å²) >= 11 is 0. The minimum atomic E-state index is -0.986. The zero-order chi connectivity index (χ0) is 14.8. The van der Waals surface area contributed by atoms with Crippen LogP contribution < -0.4 is 5.32 Å². The summed E-state index contributed by atoms with van der Waals surface area (Å²) in [7, 11) is 0. The number of carboxylic acids is 1. The Bertz CT molecular complexity index is 483. The molecule has 0 heterocycles. The average molecular weight is 277 g/mol. The van der Waals surface area contributed by atoms with Crippen LogP contribution in [-0.2, 0) is 20.9 Å². The first kappa shape index (κ1) is 15.9. The van der Waals surface area contributed by atoms with Crippen molar-refractivity contribution in [1.29, 1.82) is 0 Å². The van der Waals surface area contributed by atoms with Gasteiger partial charge in [0.25, 0.3) is 0 Å². The molecule has 0 aliphatic carbocycles. The van der Waals surface area contributed by atoms with E-state index in [-0.39, 0.29) is 5.91 Å². The van der Waals surface area contributed by atoms with Gasteiger partial charge >= 0.3 is 5.97 Å². The second-order valence-electron chi connectivity index (χ2n) is 4.14. The normalized spacial score (nSPS) is 10.7. The van der Waals surface area contributed by atoms with E-state index in [0.717, 1.165) is 17.2 Å². The van der Waals surface area contributed by atoms with Crippen LogP contribution >= 0.6 is 0 Å². The summed E-state index contributed by atoms with van der Waals surface area (Å²) in [6.07, 6.45) is 2.94. The van der Waals surface area contributed by atoms with Gasteiger partial charge in [0.15, 0.2) is 0 Å². The van der Waals surface area contributed by atoms with Gasteiger partial charge in [-0.3, -0.25) is 4.79 Å². The predicted molar refractivity (Wildman–Crippen MR) is 76.1 cm³/mol. The Morgan fingerprint density at radius 1 is 1.40 bits per heavy atom. The number of amides is 1. The van der Waals surface area contributed by atoms with Crippen molar-refractivity contribution in [3.8, 4) is 0 Å². The topological polar surface area (TPSA) is 75.6 Å². The van der Waals surface area contributed by atoms with Gasteiger partial charge in [-0.1, -0.05) is 18.2 Å². The monoisotopic (exact) mass is 277 g/mol. The largest absolute Gasteiger partial charge is 0.478 e. The second-order valence-corrected chi connectivity index (χ2v) is 4.14. The standard InChI is InChI=1S/C15H19NO4/c1-2-20-9-8-14(17)16-11-13-5-3-4-12(10-13)6-7-15(18)19/h3-7,10H,2,8-9,11H2,1H3,(H,16,17)(H,18,19). The number of rotatable bonds is 8. The van der Waals surface area contributed by atoms with Crippen LogP contribution in [-0.4, -0.2) is 30.2 Å². The lowest BCUT2D eigenvalue weighted by Gasteiger charge is -2.06. The molecule has 5 nitrogen and oxygen atoms in total. The molecule has 20 heavy (non-hydrogen) atoms. The quantitative estimate of drug-likeness (QED) is 0.561. The summed E-state index contributed by atoms with van der Waals surface area (Å²) in [5.41, 5.74) is 1.70. The minimum Gasteiger partial charge on any atom is -0.478 e. The number of hydrogen-bond acceptors (Lipinski definition) is 3. The van der Waals surface area contributed by atoms with Gasteiger partial charge < -0.3 is 15.2 Å². The van der Waals surface area contributed by atoms with E-state index in [4.69, 9.17) is 9.84 Å². The number of ether oxygens (including phenoxy) is 1. The molecule has 1 aromatic rings. The van der Waals surface area contributed by atoms with Crippen LogP contribution in [0, 0.1) is 0 Å².